The molecule has 150 valence electrons. The number of nitrogens with one attached hydrogen (secondary N) is 2. The normalized spacial score (nSPS) is 12.2. The smallest absolute Gasteiger partial charge is 0.427 e. The average molecular weight is 437 g/mol. The maximum Gasteiger partial charge on any atom is 0.427 e. The number of rotatable bonds is 7. The number of sulfonamides is 1. The molecule has 0 radical (unpaired) electrons. The number of aromatic amines is 1. The first kappa shape index (κ1) is 20.0. The van der Waals surface area contributed by atoms with Crippen LogP contribution >= 0.6 is 11.6 Å². The second kappa shape index (κ2) is 7.36. The van der Waals surface area contributed by atoms with E-state index in [0.29, 0.717) is 15.9 Å². The third kappa shape index (κ3) is 4.07. The van der Waals surface area contributed by atoms with Gasteiger partial charge in [-0.1, -0.05) is 11.6 Å². The molecule has 8 nitrogen and oxygen atoms in total. The predicted molar refractivity (Wildman–Crippen MR) is 94.3 cm³/mol. The van der Waals surface area contributed by atoms with Crippen molar-refractivity contribution in [1.82, 2.24) is 15.0 Å². The van der Waals surface area contributed by atoms with E-state index in [9.17, 15) is 21.6 Å². The van der Waals surface area contributed by atoms with E-state index in [1.54, 1.807) is 6.07 Å². The Kier molecular flexibility index (Phi) is 5.26. The van der Waals surface area contributed by atoms with Gasteiger partial charge in [0.25, 0.3) is 15.9 Å². The Morgan fingerprint density at radius 1 is 1.36 bits per heavy atom. The van der Waals surface area contributed by atoms with Gasteiger partial charge in [0.1, 0.15) is 4.90 Å². The highest BCUT2D eigenvalue weighted by atomic mass is 35.5. The van der Waals surface area contributed by atoms with E-state index < -0.39 is 40.4 Å². The summed E-state index contributed by atoms with van der Waals surface area (Å²) in [5.41, 5.74) is 0.489. The van der Waals surface area contributed by atoms with Crippen LogP contribution in [-0.4, -0.2) is 43.3 Å². The molecule has 3 rings (SSSR count). The molecule has 0 fully saturated rings. The van der Waals surface area contributed by atoms with Crippen molar-refractivity contribution in [2.75, 3.05) is 18.5 Å². The van der Waals surface area contributed by atoms with Crippen LogP contribution < -0.4 is 14.2 Å². The van der Waals surface area contributed by atoms with E-state index in [4.69, 9.17) is 16.3 Å². The summed E-state index contributed by atoms with van der Waals surface area (Å²) in [5.74, 6) is -1.63. The number of aromatic nitrogens is 3. The monoisotopic (exact) mass is 436 g/mol. The lowest BCUT2D eigenvalue weighted by Gasteiger charge is -2.16. The van der Waals surface area contributed by atoms with Gasteiger partial charge in [-0.15, -0.1) is 0 Å². The zero-order valence-electron chi connectivity index (χ0n) is 14.0. The fourth-order valence-corrected chi connectivity index (χ4v) is 3.58. The summed E-state index contributed by atoms with van der Waals surface area (Å²) in [7, 11) is -3.05. The van der Waals surface area contributed by atoms with Crippen LogP contribution in [-0.2, 0) is 10.0 Å². The van der Waals surface area contributed by atoms with Gasteiger partial charge in [-0.05, 0) is 18.2 Å². The van der Waals surface area contributed by atoms with Gasteiger partial charge in [0.15, 0.2) is 6.67 Å². The quantitative estimate of drug-likeness (QED) is 0.588. The summed E-state index contributed by atoms with van der Waals surface area (Å²) in [6.07, 6.45) is -2.12. The highest BCUT2D eigenvalue weighted by Crippen LogP contribution is 2.31. The van der Waals surface area contributed by atoms with E-state index in [1.807, 2.05) is 0 Å². The van der Waals surface area contributed by atoms with Crippen LogP contribution in [0.4, 0.5) is 19.1 Å². The van der Waals surface area contributed by atoms with Crippen LogP contribution in [0.15, 0.2) is 35.5 Å². The van der Waals surface area contributed by atoms with Gasteiger partial charge in [-0.3, -0.25) is 0 Å². The Morgan fingerprint density at radius 2 is 2.11 bits per heavy atom. The van der Waals surface area contributed by atoms with Gasteiger partial charge >= 0.3 is 6.11 Å². The molecule has 2 heterocycles. The minimum absolute atomic E-state index is 0.106. The number of fused-ring (bicyclic) bond motifs is 1. The molecule has 0 spiro atoms. The molecule has 2 N–H and O–H groups in total. The average Bonchev–Trinajstić information content (AvgIpc) is 3.06. The van der Waals surface area contributed by atoms with Crippen LogP contribution in [0.5, 0.6) is 11.6 Å². The van der Waals surface area contributed by atoms with Crippen molar-refractivity contribution in [3.05, 3.63) is 35.6 Å². The lowest BCUT2D eigenvalue weighted by atomic mass is 10.2. The van der Waals surface area contributed by atoms with Gasteiger partial charge in [0.05, 0.1) is 13.3 Å². The molecule has 0 saturated carbocycles. The molecule has 0 bridgehead atoms. The molecule has 0 atom stereocenters. The maximum absolute atomic E-state index is 13.1. The minimum Gasteiger partial charge on any atom is -0.478 e. The van der Waals surface area contributed by atoms with E-state index in [1.165, 1.54) is 18.3 Å². The molecule has 0 aliphatic carbocycles. The largest absolute Gasteiger partial charge is 0.478 e. The fourth-order valence-electron chi connectivity index (χ4n) is 2.28. The van der Waals surface area contributed by atoms with E-state index in [-0.39, 0.29) is 4.90 Å². The number of nitrogens with zero attached hydrogens (tertiary/aromatic N) is 2. The van der Waals surface area contributed by atoms with Crippen molar-refractivity contribution in [2.24, 2.45) is 0 Å². The maximum atomic E-state index is 13.1. The number of halogens is 4. The number of methoxy groups -OCH3 is 1. The van der Waals surface area contributed by atoms with Crippen LogP contribution in [0.3, 0.4) is 0 Å². The van der Waals surface area contributed by atoms with Gasteiger partial charge < -0.3 is 14.5 Å². The highest BCUT2D eigenvalue weighted by molar-refractivity contribution is 7.93. The lowest BCUT2D eigenvalue weighted by Crippen LogP contribution is -2.27. The van der Waals surface area contributed by atoms with Crippen LogP contribution in [0.1, 0.15) is 0 Å². The SMILES string of the molecule is COc1nc(NS(=O)(=O)c2c[nH]c3cc(Cl)ccc23)ncc1OC(F)(F)CF. The standard InChI is InChI=1S/C15H12ClF3N4O4S/c1-26-13-11(27-15(18,19)7-17)5-21-14(22-13)23-28(24,25)12-6-20-10-4-8(16)2-3-9(10)12/h2-6,20H,7H2,1H3,(H,21,22,23). The summed E-state index contributed by atoms with van der Waals surface area (Å²) < 4.78 is 74.7. The van der Waals surface area contributed by atoms with Crippen LogP contribution in [0, 0.1) is 0 Å². The summed E-state index contributed by atoms with van der Waals surface area (Å²) in [6.45, 7) is -2.07. The highest BCUT2D eigenvalue weighted by Gasteiger charge is 2.33. The Hall–Kier alpha value is -2.73. The first-order valence-electron chi connectivity index (χ1n) is 7.48. The zero-order chi connectivity index (χ0) is 20.5. The number of ether oxygens (including phenoxy) is 2. The molecule has 0 unspecified atom stereocenters. The van der Waals surface area contributed by atoms with E-state index >= 15 is 0 Å². The number of hydrogen-bond donors (Lipinski definition) is 2. The second-order valence-electron chi connectivity index (χ2n) is 5.39. The molecule has 3 aromatic rings. The molecule has 0 saturated heterocycles. The van der Waals surface area contributed by atoms with Gasteiger partial charge in [0.2, 0.25) is 11.7 Å². The van der Waals surface area contributed by atoms with Crippen molar-refractivity contribution < 1.29 is 31.1 Å². The van der Waals surface area contributed by atoms with Crippen molar-refractivity contribution in [3.8, 4) is 11.6 Å². The Bertz CT molecular complexity index is 1120. The number of H-pyrrole nitrogens is 1. The molecular weight excluding hydrogens is 425 g/mol. The van der Waals surface area contributed by atoms with Gasteiger partial charge in [0, 0.05) is 22.1 Å². The van der Waals surface area contributed by atoms with Crippen molar-refractivity contribution in [1.29, 1.82) is 0 Å². The van der Waals surface area contributed by atoms with Crippen LogP contribution in [0.2, 0.25) is 5.02 Å². The fraction of sp³-hybridized carbons (Fsp3) is 0.200. The molecule has 0 amide bonds. The number of alkyl halides is 3. The third-order valence-corrected chi connectivity index (χ3v) is 5.05. The summed E-state index contributed by atoms with van der Waals surface area (Å²) in [5, 5.41) is 0.784. The van der Waals surface area contributed by atoms with E-state index in [2.05, 4.69) is 24.4 Å². The number of anilines is 1. The van der Waals surface area contributed by atoms with Crippen molar-refractivity contribution in [3.63, 3.8) is 0 Å². The first-order chi connectivity index (χ1) is 13.1. The Balaban J connectivity index is 1.91. The van der Waals surface area contributed by atoms with Gasteiger partial charge in [-0.2, -0.15) is 13.8 Å². The Morgan fingerprint density at radius 3 is 2.79 bits per heavy atom. The topological polar surface area (TPSA) is 106 Å². The Labute approximate surface area is 161 Å². The molecule has 28 heavy (non-hydrogen) atoms. The molecule has 13 heteroatoms. The van der Waals surface area contributed by atoms with Gasteiger partial charge in [-0.25, -0.2) is 22.5 Å². The molecular formula is C15H12ClF3N4O4S. The summed E-state index contributed by atoms with van der Waals surface area (Å²) >= 11 is 5.87. The molecule has 0 aliphatic rings. The van der Waals surface area contributed by atoms with E-state index in [0.717, 1.165) is 13.3 Å². The third-order valence-electron chi connectivity index (χ3n) is 3.45. The summed E-state index contributed by atoms with van der Waals surface area (Å²) in [4.78, 5) is 9.94. The van der Waals surface area contributed by atoms with Crippen molar-refractivity contribution in [2.45, 2.75) is 11.0 Å². The predicted octanol–water partition coefficient (Wildman–Crippen LogP) is 3.36. The lowest BCUT2D eigenvalue weighted by molar-refractivity contribution is -0.187. The van der Waals surface area contributed by atoms with Crippen LogP contribution in [0.25, 0.3) is 10.9 Å². The number of benzene rings is 1. The molecule has 0 aliphatic heterocycles. The summed E-state index contributed by atoms with van der Waals surface area (Å²) in [6, 6.07) is 4.58. The minimum atomic E-state index is -4.14. The molecule has 1 aromatic carbocycles. The zero-order valence-corrected chi connectivity index (χ0v) is 15.6. The first-order valence-corrected chi connectivity index (χ1v) is 9.34. The number of hydrogen-bond acceptors (Lipinski definition) is 6. The molecule has 2 aromatic heterocycles. The van der Waals surface area contributed by atoms with Crippen molar-refractivity contribution >= 4 is 38.5 Å². The second-order valence-corrected chi connectivity index (χ2v) is 7.48.